The van der Waals surface area contributed by atoms with E-state index in [-0.39, 0.29) is 29.0 Å². The number of ether oxygens (including phenoxy) is 1. The summed E-state index contributed by atoms with van der Waals surface area (Å²) in [5.74, 6) is 4.89. The summed E-state index contributed by atoms with van der Waals surface area (Å²) in [6, 6.07) is 11.4. The largest absolute Gasteiger partial charge is 0.508 e. The van der Waals surface area contributed by atoms with Crippen LogP contribution in [-0.2, 0) is 4.74 Å². The first-order valence-corrected chi connectivity index (χ1v) is 11.4. The molecule has 3 aromatic rings. The summed E-state index contributed by atoms with van der Waals surface area (Å²) in [5.41, 5.74) is 2.04. The fraction of sp³-hybridized carbons (Fsp3) is 0.286. The normalized spacial score (nSPS) is 18.3. The molecule has 0 aliphatic carbocycles. The Morgan fingerprint density at radius 3 is 2.63 bits per heavy atom. The van der Waals surface area contributed by atoms with E-state index in [0.29, 0.717) is 23.4 Å². The van der Waals surface area contributed by atoms with Crippen LogP contribution in [0.15, 0.2) is 54.6 Å². The smallest absolute Gasteiger partial charge is 0.270 e. The quantitative estimate of drug-likeness (QED) is 0.517. The number of carbonyl (C=O) groups is 1. The molecule has 1 aliphatic heterocycles. The summed E-state index contributed by atoms with van der Waals surface area (Å²) in [7, 11) is 0. The van der Waals surface area contributed by atoms with Crippen LogP contribution < -0.4 is 5.32 Å². The number of aryl methyl sites for hydroxylation is 1. The molecular formula is C28H26F2N2O3. The van der Waals surface area contributed by atoms with E-state index < -0.39 is 23.6 Å². The number of benzene rings is 2. The van der Waals surface area contributed by atoms with Gasteiger partial charge >= 0.3 is 0 Å². The number of phenolic OH excluding ortho intramolecular Hbond substituents is 1. The van der Waals surface area contributed by atoms with Crippen LogP contribution >= 0.6 is 0 Å². The number of aromatic hydroxyl groups is 1. The number of hydrogen-bond acceptors (Lipinski definition) is 4. The predicted octanol–water partition coefficient (Wildman–Crippen LogP) is 5.06. The number of rotatable bonds is 4. The molecule has 2 aromatic carbocycles. The number of carbonyl (C=O) groups excluding carboxylic acids is 1. The van der Waals surface area contributed by atoms with Gasteiger partial charge in [0.1, 0.15) is 23.1 Å². The molecule has 1 amide bonds. The molecule has 1 fully saturated rings. The van der Waals surface area contributed by atoms with Gasteiger partial charge in [-0.15, -0.1) is 0 Å². The third-order valence-electron chi connectivity index (χ3n) is 5.87. The number of amides is 1. The first kappa shape index (κ1) is 24.4. The van der Waals surface area contributed by atoms with Crippen LogP contribution in [0.5, 0.6) is 5.75 Å². The molecule has 0 bridgehead atoms. The van der Waals surface area contributed by atoms with Gasteiger partial charge in [-0.05, 0) is 74.7 Å². The molecule has 0 radical (unpaired) electrons. The molecule has 0 saturated carbocycles. The van der Waals surface area contributed by atoms with Gasteiger partial charge in [0.15, 0.2) is 0 Å². The number of nitrogens with zero attached hydrogens (tertiary/aromatic N) is 1. The highest BCUT2D eigenvalue weighted by molar-refractivity contribution is 5.93. The van der Waals surface area contributed by atoms with Gasteiger partial charge < -0.3 is 15.2 Å². The number of halogens is 2. The SMILES string of the molecule is Cc1cc(C#C[C@@H]2CCO[C@@H](C)C2)cc(C(=O)NC(c2ccc(F)cc2)c2cc(F)ccc2O)n1. The van der Waals surface area contributed by atoms with Crippen molar-refractivity contribution in [2.75, 3.05) is 6.61 Å². The fourth-order valence-corrected chi connectivity index (χ4v) is 4.13. The second-order valence-corrected chi connectivity index (χ2v) is 8.72. The van der Waals surface area contributed by atoms with E-state index in [1.165, 1.54) is 30.3 Å². The molecule has 1 unspecified atom stereocenters. The number of aromatic nitrogens is 1. The van der Waals surface area contributed by atoms with Crippen LogP contribution in [0, 0.1) is 36.3 Å². The fourth-order valence-electron chi connectivity index (χ4n) is 4.13. The third kappa shape index (κ3) is 6.23. The third-order valence-corrected chi connectivity index (χ3v) is 5.87. The lowest BCUT2D eigenvalue weighted by molar-refractivity contribution is 0.0144. The monoisotopic (exact) mass is 476 g/mol. The Bertz CT molecular complexity index is 1280. The Balaban J connectivity index is 1.63. The molecule has 1 saturated heterocycles. The zero-order valence-electron chi connectivity index (χ0n) is 19.5. The highest BCUT2D eigenvalue weighted by Crippen LogP contribution is 2.30. The van der Waals surface area contributed by atoms with Crippen LogP contribution in [0.25, 0.3) is 0 Å². The van der Waals surface area contributed by atoms with Crippen LogP contribution in [0.4, 0.5) is 8.78 Å². The van der Waals surface area contributed by atoms with Crippen molar-refractivity contribution < 1.29 is 23.4 Å². The topological polar surface area (TPSA) is 71.5 Å². The number of pyridine rings is 1. The summed E-state index contributed by atoms with van der Waals surface area (Å²) >= 11 is 0. The zero-order chi connectivity index (χ0) is 24.9. The Hall–Kier alpha value is -3.76. The Labute approximate surface area is 203 Å². The van der Waals surface area contributed by atoms with Gasteiger partial charge in [-0.3, -0.25) is 4.79 Å². The van der Waals surface area contributed by atoms with Crippen molar-refractivity contribution in [3.63, 3.8) is 0 Å². The number of nitrogens with one attached hydrogen (secondary N) is 1. The van der Waals surface area contributed by atoms with E-state index in [4.69, 9.17) is 4.74 Å². The van der Waals surface area contributed by atoms with Gasteiger partial charge in [0.25, 0.3) is 5.91 Å². The first-order valence-electron chi connectivity index (χ1n) is 11.4. The van der Waals surface area contributed by atoms with Crippen LogP contribution in [-0.4, -0.2) is 28.7 Å². The standard InChI is InChI=1S/C28H26F2N2O3/c1-17-13-20(4-3-19-11-12-35-18(2)14-19)15-25(31-17)28(34)32-27(21-5-7-22(29)8-6-21)24-16-23(30)9-10-26(24)33/h5-10,13,15-16,18-19,27,33H,11-12,14H2,1-2H3,(H,32,34)/t18-,19+,27?/m0/s1. The van der Waals surface area contributed by atoms with Crippen molar-refractivity contribution in [1.29, 1.82) is 0 Å². The summed E-state index contributed by atoms with van der Waals surface area (Å²) in [5, 5.41) is 13.2. The molecule has 180 valence electrons. The van der Waals surface area contributed by atoms with Crippen molar-refractivity contribution >= 4 is 5.91 Å². The molecule has 0 spiro atoms. The van der Waals surface area contributed by atoms with Crippen LogP contribution in [0.3, 0.4) is 0 Å². The maximum Gasteiger partial charge on any atom is 0.270 e. The molecule has 1 aliphatic rings. The second kappa shape index (κ2) is 10.7. The van der Waals surface area contributed by atoms with Crippen LogP contribution in [0.1, 0.15) is 58.7 Å². The van der Waals surface area contributed by atoms with Crippen LogP contribution in [0.2, 0.25) is 0 Å². The van der Waals surface area contributed by atoms with E-state index in [9.17, 15) is 18.7 Å². The lowest BCUT2D eigenvalue weighted by Crippen LogP contribution is -2.30. The minimum atomic E-state index is -0.931. The predicted molar refractivity (Wildman–Crippen MR) is 128 cm³/mol. The van der Waals surface area contributed by atoms with Gasteiger partial charge in [0, 0.05) is 29.3 Å². The molecule has 2 heterocycles. The highest BCUT2D eigenvalue weighted by Gasteiger charge is 2.23. The molecule has 35 heavy (non-hydrogen) atoms. The van der Waals surface area contributed by atoms with Crippen molar-refractivity contribution in [1.82, 2.24) is 10.3 Å². The Morgan fingerprint density at radius 2 is 1.89 bits per heavy atom. The van der Waals surface area contributed by atoms with Crippen molar-refractivity contribution in [3.05, 3.63) is 94.3 Å². The maximum absolute atomic E-state index is 14.0. The van der Waals surface area contributed by atoms with Gasteiger partial charge in [-0.2, -0.15) is 0 Å². The van der Waals surface area contributed by atoms with Crippen molar-refractivity contribution in [2.24, 2.45) is 5.92 Å². The van der Waals surface area contributed by atoms with E-state index in [0.717, 1.165) is 25.0 Å². The lowest BCUT2D eigenvalue weighted by Gasteiger charge is -2.23. The zero-order valence-corrected chi connectivity index (χ0v) is 19.5. The highest BCUT2D eigenvalue weighted by atomic mass is 19.1. The molecule has 4 rings (SSSR count). The molecule has 2 N–H and O–H groups in total. The number of phenols is 1. The summed E-state index contributed by atoms with van der Waals surface area (Å²) in [6.07, 6.45) is 1.90. The second-order valence-electron chi connectivity index (χ2n) is 8.72. The number of hydrogen-bond donors (Lipinski definition) is 2. The Morgan fingerprint density at radius 1 is 1.14 bits per heavy atom. The summed E-state index contributed by atoms with van der Waals surface area (Å²) in [6.45, 7) is 4.48. The Kier molecular flexibility index (Phi) is 7.42. The maximum atomic E-state index is 14.0. The minimum Gasteiger partial charge on any atom is -0.508 e. The first-order chi connectivity index (χ1) is 16.8. The van der Waals surface area contributed by atoms with Gasteiger partial charge in [0.2, 0.25) is 0 Å². The van der Waals surface area contributed by atoms with Crippen molar-refractivity contribution in [2.45, 2.75) is 38.8 Å². The molecule has 3 atom stereocenters. The average molecular weight is 477 g/mol. The van der Waals surface area contributed by atoms with E-state index in [1.54, 1.807) is 13.0 Å². The van der Waals surface area contributed by atoms with Gasteiger partial charge in [-0.1, -0.05) is 24.0 Å². The average Bonchev–Trinajstić information content (AvgIpc) is 2.83. The lowest BCUT2D eigenvalue weighted by atomic mass is 9.96. The van der Waals surface area contributed by atoms with E-state index in [1.807, 2.05) is 13.0 Å². The van der Waals surface area contributed by atoms with Gasteiger partial charge in [-0.25, -0.2) is 13.8 Å². The summed E-state index contributed by atoms with van der Waals surface area (Å²) in [4.78, 5) is 17.6. The van der Waals surface area contributed by atoms with E-state index >= 15 is 0 Å². The molecule has 1 aromatic heterocycles. The molecule has 5 nitrogen and oxygen atoms in total. The van der Waals surface area contributed by atoms with Crippen molar-refractivity contribution in [3.8, 4) is 17.6 Å². The molecule has 7 heteroatoms. The molecular weight excluding hydrogens is 450 g/mol. The minimum absolute atomic E-state index is 0.137. The van der Waals surface area contributed by atoms with E-state index in [2.05, 4.69) is 22.1 Å². The summed E-state index contributed by atoms with van der Waals surface area (Å²) < 4.78 is 33.1. The van der Waals surface area contributed by atoms with Gasteiger partial charge in [0.05, 0.1) is 12.1 Å².